The summed E-state index contributed by atoms with van der Waals surface area (Å²) >= 11 is 1.43. The maximum absolute atomic E-state index is 13.7. The van der Waals surface area contributed by atoms with Crippen LogP contribution < -0.4 is 0 Å². The highest BCUT2D eigenvalue weighted by molar-refractivity contribution is 7.98. The smallest absolute Gasteiger partial charge is 0.236 e. The van der Waals surface area contributed by atoms with Crippen LogP contribution in [0.15, 0.2) is 54.6 Å². The predicted octanol–water partition coefficient (Wildman–Crippen LogP) is 3.63. The standard InChI is InChI=1S/C21H18N2O3S2/c1-28(25,26)23-17-10-6-5-9-16(17)19-18(23)12-27-14-21(13-22,20(19)24)11-15-7-3-2-4-8-15/h2-10H,11-12,14H2,1H3/t21-/m1/s1. The van der Waals surface area contributed by atoms with Gasteiger partial charge in [0.15, 0.2) is 5.78 Å². The number of carbonyl (C=O) groups is 1. The lowest BCUT2D eigenvalue weighted by atomic mass is 9.77. The third-order valence-electron chi connectivity index (χ3n) is 5.07. The molecular formula is C21H18N2O3S2. The van der Waals surface area contributed by atoms with Crippen molar-refractivity contribution in [2.24, 2.45) is 5.41 Å². The van der Waals surface area contributed by atoms with Crippen LogP contribution in [-0.4, -0.2) is 30.2 Å². The summed E-state index contributed by atoms with van der Waals surface area (Å²) in [7, 11) is -3.60. The van der Waals surface area contributed by atoms with E-state index in [1.165, 1.54) is 15.7 Å². The van der Waals surface area contributed by atoms with Gasteiger partial charge in [0.05, 0.1) is 29.1 Å². The average Bonchev–Trinajstić information content (AvgIpc) is 2.94. The van der Waals surface area contributed by atoms with Crippen molar-refractivity contribution in [3.63, 3.8) is 0 Å². The van der Waals surface area contributed by atoms with Gasteiger partial charge >= 0.3 is 0 Å². The summed E-state index contributed by atoms with van der Waals surface area (Å²) in [4.78, 5) is 13.7. The maximum Gasteiger partial charge on any atom is 0.236 e. The molecule has 0 fully saturated rings. The molecule has 3 aromatic rings. The van der Waals surface area contributed by atoms with Crippen LogP contribution in [-0.2, 0) is 22.2 Å². The SMILES string of the molecule is CS(=O)(=O)n1c2c(c3ccccc31)C(=O)[C@@](C#N)(Cc1ccccc1)CSC2. The Morgan fingerprint density at radius 1 is 1.14 bits per heavy atom. The number of hydrogen-bond acceptors (Lipinski definition) is 5. The quantitative estimate of drug-likeness (QED) is 0.659. The zero-order valence-electron chi connectivity index (χ0n) is 15.3. The van der Waals surface area contributed by atoms with Gasteiger partial charge in [0.1, 0.15) is 5.41 Å². The zero-order chi connectivity index (χ0) is 19.9. The molecule has 0 bridgehead atoms. The highest BCUT2D eigenvalue weighted by Crippen LogP contribution is 2.41. The minimum Gasteiger partial charge on any atom is -0.292 e. The molecular weight excluding hydrogens is 392 g/mol. The molecule has 0 saturated heterocycles. The van der Waals surface area contributed by atoms with E-state index >= 15 is 0 Å². The van der Waals surface area contributed by atoms with E-state index in [0.717, 1.165) is 11.8 Å². The largest absolute Gasteiger partial charge is 0.292 e. The summed E-state index contributed by atoms with van der Waals surface area (Å²) in [6.07, 6.45) is 1.44. The van der Waals surface area contributed by atoms with Crippen LogP contribution >= 0.6 is 11.8 Å². The van der Waals surface area contributed by atoms with Gasteiger partial charge in [0.2, 0.25) is 10.0 Å². The van der Waals surface area contributed by atoms with Crippen molar-refractivity contribution in [1.29, 1.82) is 5.26 Å². The van der Waals surface area contributed by atoms with Gasteiger partial charge in [0.25, 0.3) is 0 Å². The number of hydrogen-bond donors (Lipinski definition) is 0. The molecule has 1 aliphatic heterocycles. The number of nitrogens with zero attached hydrogens (tertiary/aromatic N) is 2. The van der Waals surface area contributed by atoms with Crippen LogP contribution in [0.1, 0.15) is 21.6 Å². The van der Waals surface area contributed by atoms with E-state index in [-0.39, 0.29) is 5.78 Å². The molecule has 0 radical (unpaired) electrons. The number of ketones is 1. The number of benzene rings is 2. The van der Waals surface area contributed by atoms with Crippen LogP contribution in [0.2, 0.25) is 0 Å². The van der Waals surface area contributed by atoms with Crippen LogP contribution in [0.5, 0.6) is 0 Å². The first-order valence-electron chi connectivity index (χ1n) is 8.78. The molecule has 1 aromatic heterocycles. The van der Waals surface area contributed by atoms with Crippen molar-refractivity contribution in [2.75, 3.05) is 12.0 Å². The Kier molecular flexibility index (Phi) is 4.56. The minimum absolute atomic E-state index is 0.294. The van der Waals surface area contributed by atoms with E-state index in [1.807, 2.05) is 30.3 Å². The normalized spacial score (nSPS) is 19.8. The Morgan fingerprint density at radius 3 is 2.50 bits per heavy atom. The highest BCUT2D eigenvalue weighted by Gasteiger charge is 2.44. The number of Topliss-reactive ketones (excluding diaryl/α,β-unsaturated/α-hetero) is 1. The van der Waals surface area contributed by atoms with Crippen LogP contribution in [0.4, 0.5) is 0 Å². The van der Waals surface area contributed by atoms with E-state index in [2.05, 4.69) is 6.07 Å². The van der Waals surface area contributed by atoms with E-state index in [4.69, 9.17) is 0 Å². The molecule has 0 N–H and O–H groups in total. The Hall–Kier alpha value is -2.56. The fraction of sp³-hybridized carbons (Fsp3) is 0.238. The Bertz CT molecular complexity index is 1220. The van der Waals surface area contributed by atoms with Gasteiger partial charge in [-0.15, -0.1) is 0 Å². The number of thioether (sulfide) groups is 1. The molecule has 4 rings (SSSR count). The van der Waals surface area contributed by atoms with Crippen molar-refractivity contribution in [3.05, 3.63) is 71.4 Å². The van der Waals surface area contributed by atoms with Gasteiger partial charge < -0.3 is 0 Å². The topological polar surface area (TPSA) is 79.9 Å². The van der Waals surface area contributed by atoms with Gasteiger partial charge in [-0.3, -0.25) is 4.79 Å². The minimum atomic E-state index is -3.60. The molecule has 0 spiro atoms. The van der Waals surface area contributed by atoms with E-state index in [1.54, 1.807) is 24.3 Å². The summed E-state index contributed by atoms with van der Waals surface area (Å²) in [6, 6.07) is 18.7. The molecule has 5 nitrogen and oxygen atoms in total. The summed E-state index contributed by atoms with van der Waals surface area (Å²) in [6.45, 7) is 0. The number of carbonyl (C=O) groups excluding carboxylic acids is 1. The lowest BCUT2D eigenvalue weighted by Gasteiger charge is -2.23. The lowest BCUT2D eigenvalue weighted by Crippen LogP contribution is -2.34. The first-order chi connectivity index (χ1) is 13.4. The first-order valence-corrected chi connectivity index (χ1v) is 11.8. The van der Waals surface area contributed by atoms with Crippen LogP contribution in [0, 0.1) is 16.7 Å². The van der Waals surface area contributed by atoms with Crippen molar-refractivity contribution in [3.8, 4) is 6.07 Å². The Balaban J connectivity index is 1.97. The fourth-order valence-corrected chi connectivity index (χ4v) is 6.22. The Morgan fingerprint density at radius 2 is 1.82 bits per heavy atom. The molecule has 1 aliphatic rings. The highest BCUT2D eigenvalue weighted by atomic mass is 32.2. The molecule has 0 saturated carbocycles. The van der Waals surface area contributed by atoms with Crippen LogP contribution in [0.25, 0.3) is 10.9 Å². The van der Waals surface area contributed by atoms with E-state index in [0.29, 0.717) is 40.1 Å². The van der Waals surface area contributed by atoms with Gasteiger partial charge in [0, 0.05) is 16.9 Å². The maximum atomic E-state index is 13.7. The Labute approximate surface area is 168 Å². The number of para-hydroxylation sites is 1. The number of fused-ring (bicyclic) bond motifs is 3. The molecule has 0 aliphatic carbocycles. The number of rotatable bonds is 3. The van der Waals surface area contributed by atoms with Crippen LogP contribution in [0.3, 0.4) is 0 Å². The third kappa shape index (κ3) is 2.93. The zero-order valence-corrected chi connectivity index (χ0v) is 16.9. The van der Waals surface area contributed by atoms with E-state index in [9.17, 15) is 18.5 Å². The summed E-state index contributed by atoms with van der Waals surface area (Å²) in [5.74, 6) is 0.392. The summed E-state index contributed by atoms with van der Waals surface area (Å²) in [5, 5.41) is 10.6. The average molecular weight is 411 g/mol. The van der Waals surface area contributed by atoms with Crippen molar-refractivity contribution < 1.29 is 13.2 Å². The predicted molar refractivity (Wildman–Crippen MR) is 111 cm³/mol. The third-order valence-corrected chi connectivity index (χ3v) is 7.32. The van der Waals surface area contributed by atoms with Crippen molar-refractivity contribution in [2.45, 2.75) is 12.2 Å². The lowest BCUT2D eigenvalue weighted by molar-refractivity contribution is 0.0882. The second-order valence-corrected chi connectivity index (χ2v) is 9.86. The molecule has 2 heterocycles. The van der Waals surface area contributed by atoms with Gasteiger partial charge in [-0.25, -0.2) is 12.4 Å². The van der Waals surface area contributed by atoms with Gasteiger partial charge in [-0.1, -0.05) is 48.5 Å². The molecule has 7 heteroatoms. The molecule has 2 aromatic carbocycles. The number of nitriles is 1. The monoisotopic (exact) mass is 410 g/mol. The molecule has 1 atom stereocenters. The second-order valence-electron chi connectivity index (χ2n) is 7.04. The first kappa shape index (κ1) is 18.8. The number of aromatic nitrogens is 1. The van der Waals surface area contributed by atoms with Crippen molar-refractivity contribution in [1.82, 2.24) is 3.97 Å². The van der Waals surface area contributed by atoms with Crippen molar-refractivity contribution >= 4 is 38.5 Å². The molecule has 28 heavy (non-hydrogen) atoms. The van der Waals surface area contributed by atoms with Gasteiger partial charge in [-0.2, -0.15) is 17.0 Å². The molecule has 142 valence electrons. The second kappa shape index (κ2) is 6.80. The summed E-state index contributed by atoms with van der Waals surface area (Å²) in [5.41, 5.74) is 0.988. The van der Waals surface area contributed by atoms with Gasteiger partial charge in [-0.05, 0) is 18.1 Å². The molecule has 0 amide bonds. The van der Waals surface area contributed by atoms with E-state index < -0.39 is 15.4 Å². The summed E-state index contributed by atoms with van der Waals surface area (Å²) < 4.78 is 26.3. The fourth-order valence-electron chi connectivity index (χ4n) is 3.85. The molecule has 0 unspecified atom stereocenters.